The minimum Gasteiger partial charge on any atom is -0.316 e. The molecule has 1 aliphatic heterocycles. The molecule has 0 aliphatic carbocycles. The number of aromatic nitrogens is 3. The summed E-state index contributed by atoms with van der Waals surface area (Å²) in [5, 5.41) is 10.8. The lowest BCUT2D eigenvalue weighted by molar-refractivity contribution is 0.293. The van der Waals surface area contributed by atoms with Gasteiger partial charge in [-0.05, 0) is 0 Å². The van der Waals surface area contributed by atoms with Crippen molar-refractivity contribution in [2.24, 2.45) is 5.92 Å². The molecule has 1 N–H and O–H groups in total. The van der Waals surface area contributed by atoms with E-state index in [-0.39, 0.29) is 12.4 Å². The van der Waals surface area contributed by atoms with E-state index in [0.717, 1.165) is 25.6 Å². The van der Waals surface area contributed by atoms with Crippen molar-refractivity contribution >= 4 is 12.4 Å². The van der Waals surface area contributed by atoms with Crippen LogP contribution >= 0.6 is 12.4 Å². The van der Waals surface area contributed by atoms with Gasteiger partial charge in [-0.3, -0.25) is 4.68 Å². The minimum absolute atomic E-state index is 0. The molecule has 0 saturated carbocycles. The van der Waals surface area contributed by atoms with Crippen LogP contribution in [0.25, 0.3) is 0 Å². The SMILES string of the molecule is Cl.c1cn(CC2CNC2)nn1. The molecule has 1 saturated heterocycles. The molecule has 2 heterocycles. The van der Waals surface area contributed by atoms with Crippen molar-refractivity contribution in [2.75, 3.05) is 13.1 Å². The van der Waals surface area contributed by atoms with Crippen molar-refractivity contribution in [1.29, 1.82) is 0 Å². The van der Waals surface area contributed by atoms with Crippen molar-refractivity contribution < 1.29 is 0 Å². The molecule has 5 heteroatoms. The quantitative estimate of drug-likeness (QED) is 0.682. The summed E-state index contributed by atoms with van der Waals surface area (Å²) in [4.78, 5) is 0. The lowest BCUT2D eigenvalue weighted by Gasteiger charge is -2.26. The second kappa shape index (κ2) is 3.69. The van der Waals surface area contributed by atoms with Crippen LogP contribution in [0.2, 0.25) is 0 Å². The average Bonchev–Trinajstić information content (AvgIpc) is 2.29. The van der Waals surface area contributed by atoms with E-state index in [1.165, 1.54) is 0 Å². The fourth-order valence-corrected chi connectivity index (χ4v) is 1.07. The van der Waals surface area contributed by atoms with Gasteiger partial charge in [0.2, 0.25) is 0 Å². The van der Waals surface area contributed by atoms with Crippen LogP contribution in [-0.2, 0) is 6.54 Å². The summed E-state index contributed by atoms with van der Waals surface area (Å²) in [5.74, 6) is 0.765. The van der Waals surface area contributed by atoms with Gasteiger partial charge in [0.25, 0.3) is 0 Å². The predicted molar refractivity (Wildman–Crippen MR) is 43.6 cm³/mol. The van der Waals surface area contributed by atoms with Crippen LogP contribution in [0.1, 0.15) is 0 Å². The largest absolute Gasteiger partial charge is 0.316 e. The van der Waals surface area contributed by atoms with Gasteiger partial charge in [-0.1, -0.05) is 5.21 Å². The molecule has 1 aromatic heterocycles. The van der Waals surface area contributed by atoms with Crippen molar-refractivity contribution in [3.8, 4) is 0 Å². The molecular formula is C6H11ClN4. The zero-order valence-corrected chi connectivity index (χ0v) is 6.92. The molecule has 1 aliphatic rings. The normalized spacial score (nSPS) is 17.1. The van der Waals surface area contributed by atoms with Crippen LogP contribution in [-0.4, -0.2) is 28.1 Å². The molecule has 0 amide bonds. The fourth-order valence-electron chi connectivity index (χ4n) is 1.07. The highest BCUT2D eigenvalue weighted by Gasteiger charge is 2.16. The summed E-state index contributed by atoms with van der Waals surface area (Å²) in [6, 6.07) is 0. The summed E-state index contributed by atoms with van der Waals surface area (Å²) >= 11 is 0. The van der Waals surface area contributed by atoms with Gasteiger partial charge < -0.3 is 5.32 Å². The Balaban J connectivity index is 0.000000605. The maximum absolute atomic E-state index is 3.88. The molecule has 0 radical (unpaired) electrons. The Kier molecular flexibility index (Phi) is 2.84. The lowest BCUT2D eigenvalue weighted by atomic mass is 10.0. The third kappa shape index (κ3) is 1.91. The highest BCUT2D eigenvalue weighted by atomic mass is 35.5. The number of nitrogens with one attached hydrogen (secondary N) is 1. The maximum atomic E-state index is 3.88. The zero-order valence-electron chi connectivity index (χ0n) is 6.10. The number of halogens is 1. The molecule has 11 heavy (non-hydrogen) atoms. The first kappa shape index (κ1) is 8.49. The number of hydrogen-bond acceptors (Lipinski definition) is 3. The molecule has 1 fully saturated rings. The van der Waals surface area contributed by atoms with E-state index in [1.54, 1.807) is 6.20 Å². The lowest BCUT2D eigenvalue weighted by Crippen LogP contribution is -2.44. The molecular weight excluding hydrogens is 164 g/mol. The highest BCUT2D eigenvalue weighted by Crippen LogP contribution is 2.04. The van der Waals surface area contributed by atoms with Gasteiger partial charge in [0.1, 0.15) is 0 Å². The van der Waals surface area contributed by atoms with Crippen molar-refractivity contribution in [3.05, 3.63) is 12.4 Å². The predicted octanol–water partition coefficient (Wildman–Crippen LogP) is -0.0807. The van der Waals surface area contributed by atoms with E-state index in [9.17, 15) is 0 Å². The minimum atomic E-state index is 0. The van der Waals surface area contributed by atoms with Crippen LogP contribution in [0, 0.1) is 5.92 Å². The Hall–Kier alpha value is -0.610. The Morgan fingerprint density at radius 1 is 1.55 bits per heavy atom. The van der Waals surface area contributed by atoms with E-state index in [2.05, 4.69) is 15.6 Å². The van der Waals surface area contributed by atoms with Gasteiger partial charge in [0.15, 0.2) is 0 Å². The average molecular weight is 175 g/mol. The first-order valence-corrected chi connectivity index (χ1v) is 3.50. The van der Waals surface area contributed by atoms with Crippen LogP contribution in [0.3, 0.4) is 0 Å². The van der Waals surface area contributed by atoms with E-state index < -0.39 is 0 Å². The smallest absolute Gasteiger partial charge is 0.0692 e. The Morgan fingerprint density at radius 3 is 2.82 bits per heavy atom. The zero-order chi connectivity index (χ0) is 6.81. The van der Waals surface area contributed by atoms with E-state index in [0.29, 0.717) is 0 Å². The van der Waals surface area contributed by atoms with E-state index >= 15 is 0 Å². The van der Waals surface area contributed by atoms with Gasteiger partial charge in [0, 0.05) is 31.7 Å². The molecule has 0 atom stereocenters. The molecule has 0 bridgehead atoms. The number of hydrogen-bond donors (Lipinski definition) is 1. The van der Waals surface area contributed by atoms with Crippen molar-refractivity contribution in [1.82, 2.24) is 20.3 Å². The summed E-state index contributed by atoms with van der Waals surface area (Å²) < 4.78 is 1.88. The molecule has 62 valence electrons. The summed E-state index contributed by atoms with van der Waals surface area (Å²) in [7, 11) is 0. The monoisotopic (exact) mass is 174 g/mol. The summed E-state index contributed by atoms with van der Waals surface area (Å²) in [6.07, 6.45) is 3.62. The second-order valence-corrected chi connectivity index (χ2v) is 2.65. The fraction of sp³-hybridized carbons (Fsp3) is 0.667. The molecule has 0 unspecified atom stereocenters. The van der Waals surface area contributed by atoms with Crippen LogP contribution in [0.4, 0.5) is 0 Å². The molecule has 0 spiro atoms. The van der Waals surface area contributed by atoms with E-state index in [4.69, 9.17) is 0 Å². The van der Waals surface area contributed by atoms with Gasteiger partial charge in [-0.2, -0.15) is 0 Å². The summed E-state index contributed by atoms with van der Waals surface area (Å²) in [6.45, 7) is 3.26. The third-order valence-electron chi connectivity index (χ3n) is 1.78. The molecule has 1 aromatic rings. The van der Waals surface area contributed by atoms with Crippen molar-refractivity contribution in [2.45, 2.75) is 6.54 Å². The highest BCUT2D eigenvalue weighted by molar-refractivity contribution is 5.85. The Morgan fingerprint density at radius 2 is 2.36 bits per heavy atom. The first-order chi connectivity index (χ1) is 4.95. The summed E-state index contributed by atoms with van der Waals surface area (Å²) in [5.41, 5.74) is 0. The van der Waals surface area contributed by atoms with Crippen LogP contribution < -0.4 is 5.32 Å². The topological polar surface area (TPSA) is 42.7 Å². The standard InChI is InChI=1S/C6H10N4.ClH/c1-2-10(9-8-1)5-6-3-7-4-6;/h1-2,6-7H,3-5H2;1H. The van der Waals surface area contributed by atoms with Gasteiger partial charge in [0.05, 0.1) is 6.20 Å². The van der Waals surface area contributed by atoms with Crippen LogP contribution in [0.15, 0.2) is 12.4 Å². The van der Waals surface area contributed by atoms with Crippen LogP contribution in [0.5, 0.6) is 0 Å². The third-order valence-corrected chi connectivity index (χ3v) is 1.78. The van der Waals surface area contributed by atoms with Gasteiger partial charge in [-0.15, -0.1) is 17.5 Å². The molecule has 4 nitrogen and oxygen atoms in total. The Bertz CT molecular complexity index is 194. The van der Waals surface area contributed by atoms with Gasteiger partial charge >= 0.3 is 0 Å². The number of nitrogens with zero attached hydrogens (tertiary/aromatic N) is 3. The van der Waals surface area contributed by atoms with Crippen molar-refractivity contribution in [3.63, 3.8) is 0 Å². The first-order valence-electron chi connectivity index (χ1n) is 3.50. The maximum Gasteiger partial charge on any atom is 0.0692 e. The second-order valence-electron chi connectivity index (χ2n) is 2.65. The Labute approximate surface area is 71.4 Å². The number of rotatable bonds is 2. The molecule has 2 rings (SSSR count). The van der Waals surface area contributed by atoms with E-state index in [1.807, 2.05) is 10.9 Å². The van der Waals surface area contributed by atoms with Gasteiger partial charge in [-0.25, -0.2) is 0 Å². The molecule has 0 aromatic carbocycles.